The molecule has 2 heterocycles. The molecule has 0 aliphatic carbocycles. The van der Waals surface area contributed by atoms with Gasteiger partial charge in [0.25, 0.3) is 5.91 Å². The highest BCUT2D eigenvalue weighted by Crippen LogP contribution is 2.31. The van der Waals surface area contributed by atoms with Gasteiger partial charge < -0.3 is 9.55 Å². The van der Waals surface area contributed by atoms with Gasteiger partial charge in [-0.1, -0.05) is 37.6 Å². The average Bonchev–Trinajstić information content (AvgIpc) is 3.15. The van der Waals surface area contributed by atoms with E-state index in [4.69, 9.17) is 0 Å². The Labute approximate surface area is 188 Å². The number of amides is 1. The summed E-state index contributed by atoms with van der Waals surface area (Å²) in [5.74, 6) is -0.333. The van der Waals surface area contributed by atoms with E-state index in [1.54, 1.807) is 25.1 Å². The minimum atomic E-state index is -0.706. The second-order valence-corrected chi connectivity index (χ2v) is 8.76. The van der Waals surface area contributed by atoms with Crippen molar-refractivity contribution in [1.29, 1.82) is 0 Å². The van der Waals surface area contributed by atoms with Gasteiger partial charge in [-0.3, -0.25) is 19.7 Å². The van der Waals surface area contributed by atoms with Crippen molar-refractivity contribution in [3.05, 3.63) is 79.2 Å². The Morgan fingerprint density at radius 2 is 1.88 bits per heavy atom. The summed E-state index contributed by atoms with van der Waals surface area (Å²) >= 11 is 1.41. The molecule has 0 aliphatic heterocycles. The number of aryl methyl sites for hydroxylation is 3. The van der Waals surface area contributed by atoms with Crippen molar-refractivity contribution in [2.24, 2.45) is 0 Å². The quantitative estimate of drug-likeness (QED) is 0.429. The van der Waals surface area contributed by atoms with Gasteiger partial charge in [0.2, 0.25) is 0 Å². The molecule has 4 rings (SSSR count). The van der Waals surface area contributed by atoms with Gasteiger partial charge in [-0.15, -0.1) is 11.3 Å². The van der Waals surface area contributed by atoms with Crippen LogP contribution < -0.4 is 16.4 Å². The van der Waals surface area contributed by atoms with Gasteiger partial charge in [0.15, 0.2) is 5.13 Å². The van der Waals surface area contributed by atoms with Crippen molar-refractivity contribution in [3.8, 4) is 11.3 Å². The lowest BCUT2D eigenvalue weighted by molar-refractivity contribution is 0.102. The maximum Gasteiger partial charge on any atom is 0.316 e. The monoisotopic (exact) mass is 448 g/mol. The molecule has 32 heavy (non-hydrogen) atoms. The predicted molar refractivity (Wildman–Crippen MR) is 129 cm³/mol. The molecule has 0 atom stereocenters. The number of fused-ring (bicyclic) bond motifs is 1. The normalized spacial score (nSPS) is 11.1. The number of nitrogens with one attached hydrogen (secondary N) is 2. The molecule has 0 spiro atoms. The Balaban J connectivity index is 1.60. The minimum Gasteiger partial charge on any atom is -0.316 e. The molecular formula is C24H24N4O3S. The number of carbonyl (C=O) groups excluding carboxylic acids is 1. The summed E-state index contributed by atoms with van der Waals surface area (Å²) in [6.07, 6.45) is 2.15. The molecule has 2 aromatic heterocycles. The van der Waals surface area contributed by atoms with Gasteiger partial charge in [0.05, 0.1) is 16.7 Å². The van der Waals surface area contributed by atoms with Crippen LogP contribution in [0.15, 0.2) is 52.1 Å². The van der Waals surface area contributed by atoms with E-state index < -0.39 is 11.1 Å². The number of hydrogen-bond donors (Lipinski definition) is 2. The van der Waals surface area contributed by atoms with Crippen LogP contribution in [-0.2, 0) is 13.0 Å². The van der Waals surface area contributed by atoms with Crippen LogP contribution >= 0.6 is 11.3 Å². The maximum atomic E-state index is 12.8. The van der Waals surface area contributed by atoms with Crippen LogP contribution in [0.25, 0.3) is 22.3 Å². The molecule has 0 saturated heterocycles. The third-order valence-corrected chi connectivity index (χ3v) is 6.22. The molecule has 2 N–H and O–H groups in total. The van der Waals surface area contributed by atoms with E-state index in [1.165, 1.54) is 21.5 Å². The van der Waals surface area contributed by atoms with Gasteiger partial charge in [0.1, 0.15) is 0 Å². The van der Waals surface area contributed by atoms with Crippen LogP contribution in [-0.4, -0.2) is 20.4 Å². The zero-order valence-corrected chi connectivity index (χ0v) is 19.0. The standard InChI is InChI=1S/C24H24N4O3S/c1-4-6-15-7-9-16(10-8-15)20-14(3)32-24(26-20)27-21(29)17-11-12-19-18(13-17)25-22(30)23(31)28(19)5-2/h7-13H,4-6H2,1-3H3,(H,25,30)(H,26,27,29). The molecule has 0 bridgehead atoms. The highest BCUT2D eigenvalue weighted by Gasteiger charge is 2.15. The molecule has 2 aromatic carbocycles. The van der Waals surface area contributed by atoms with Crippen LogP contribution in [0.1, 0.15) is 41.1 Å². The Morgan fingerprint density at radius 1 is 1.12 bits per heavy atom. The Kier molecular flexibility index (Phi) is 6.05. The van der Waals surface area contributed by atoms with E-state index in [9.17, 15) is 14.4 Å². The topological polar surface area (TPSA) is 96.8 Å². The molecule has 1 amide bonds. The van der Waals surface area contributed by atoms with Gasteiger partial charge in [-0.05, 0) is 44.0 Å². The van der Waals surface area contributed by atoms with Crippen LogP contribution in [0.3, 0.4) is 0 Å². The SMILES string of the molecule is CCCc1ccc(-c2nc(NC(=O)c3ccc4c(c3)[nH]c(=O)c(=O)n4CC)sc2C)cc1. The summed E-state index contributed by atoms with van der Waals surface area (Å²) in [7, 11) is 0. The largest absolute Gasteiger partial charge is 0.316 e. The minimum absolute atomic E-state index is 0.333. The number of rotatable bonds is 6. The van der Waals surface area contributed by atoms with E-state index in [0.29, 0.717) is 28.3 Å². The number of nitrogens with zero attached hydrogens (tertiary/aromatic N) is 2. The molecule has 0 fully saturated rings. The third-order valence-electron chi connectivity index (χ3n) is 5.34. The maximum absolute atomic E-state index is 12.8. The predicted octanol–water partition coefficient (Wildman–Crippen LogP) is 4.35. The lowest BCUT2D eigenvalue weighted by Gasteiger charge is -2.08. The number of thiazole rings is 1. The number of aromatic nitrogens is 3. The first kappa shape index (κ1) is 21.7. The summed E-state index contributed by atoms with van der Waals surface area (Å²) in [6.45, 7) is 6.29. The number of benzene rings is 2. The Bertz CT molecular complexity index is 1410. The summed E-state index contributed by atoms with van der Waals surface area (Å²) in [5.41, 5.74) is 3.23. The smallest absolute Gasteiger partial charge is 0.316 e. The average molecular weight is 449 g/mol. The van der Waals surface area contributed by atoms with Crippen molar-refractivity contribution in [2.75, 3.05) is 5.32 Å². The van der Waals surface area contributed by atoms with E-state index in [-0.39, 0.29) is 5.91 Å². The lowest BCUT2D eigenvalue weighted by atomic mass is 10.1. The molecule has 0 saturated carbocycles. The molecule has 7 nitrogen and oxygen atoms in total. The summed E-state index contributed by atoms with van der Waals surface area (Å²) in [6, 6.07) is 13.2. The van der Waals surface area contributed by atoms with Crippen molar-refractivity contribution in [2.45, 2.75) is 40.2 Å². The number of aromatic amines is 1. The van der Waals surface area contributed by atoms with Crippen LogP contribution in [0.4, 0.5) is 5.13 Å². The van der Waals surface area contributed by atoms with Crippen molar-refractivity contribution in [1.82, 2.24) is 14.5 Å². The number of hydrogen-bond acceptors (Lipinski definition) is 5. The molecule has 0 aliphatic rings. The van der Waals surface area contributed by atoms with Gasteiger partial charge in [0, 0.05) is 22.5 Å². The third kappa shape index (κ3) is 4.13. The van der Waals surface area contributed by atoms with E-state index >= 15 is 0 Å². The highest BCUT2D eigenvalue weighted by atomic mass is 32.1. The first-order valence-electron chi connectivity index (χ1n) is 10.6. The molecular weight excluding hydrogens is 424 g/mol. The molecule has 0 unspecified atom stereocenters. The van der Waals surface area contributed by atoms with E-state index in [0.717, 1.165) is 29.0 Å². The fourth-order valence-corrected chi connectivity index (χ4v) is 4.57. The van der Waals surface area contributed by atoms with E-state index in [1.807, 2.05) is 6.92 Å². The van der Waals surface area contributed by atoms with Crippen molar-refractivity contribution in [3.63, 3.8) is 0 Å². The van der Waals surface area contributed by atoms with Gasteiger partial charge in [-0.25, -0.2) is 4.98 Å². The first-order valence-corrected chi connectivity index (χ1v) is 11.4. The first-order chi connectivity index (χ1) is 15.4. The number of anilines is 1. The Hall–Kier alpha value is -3.52. The fraction of sp³-hybridized carbons (Fsp3) is 0.250. The second-order valence-electron chi connectivity index (χ2n) is 7.56. The lowest BCUT2D eigenvalue weighted by Crippen LogP contribution is -2.36. The van der Waals surface area contributed by atoms with Crippen LogP contribution in [0.2, 0.25) is 0 Å². The zero-order valence-electron chi connectivity index (χ0n) is 18.2. The molecule has 8 heteroatoms. The summed E-state index contributed by atoms with van der Waals surface area (Å²) in [4.78, 5) is 45.0. The highest BCUT2D eigenvalue weighted by molar-refractivity contribution is 7.16. The van der Waals surface area contributed by atoms with Gasteiger partial charge in [-0.2, -0.15) is 0 Å². The zero-order chi connectivity index (χ0) is 22.8. The number of H-pyrrole nitrogens is 1. The molecule has 4 aromatic rings. The van der Waals surface area contributed by atoms with Crippen LogP contribution in [0, 0.1) is 6.92 Å². The molecule has 164 valence electrons. The fourth-order valence-electron chi connectivity index (χ4n) is 3.74. The number of carbonyl (C=O) groups is 1. The second kappa shape index (κ2) is 8.92. The summed E-state index contributed by atoms with van der Waals surface area (Å²) < 4.78 is 1.39. The Morgan fingerprint density at radius 3 is 2.56 bits per heavy atom. The van der Waals surface area contributed by atoms with Crippen molar-refractivity contribution >= 4 is 33.4 Å². The van der Waals surface area contributed by atoms with Gasteiger partial charge >= 0.3 is 11.1 Å². The summed E-state index contributed by atoms with van der Waals surface area (Å²) in [5, 5.41) is 3.35. The molecule has 0 radical (unpaired) electrons. The van der Waals surface area contributed by atoms with Crippen LogP contribution in [0.5, 0.6) is 0 Å². The van der Waals surface area contributed by atoms with E-state index in [2.05, 4.69) is 46.5 Å². The van der Waals surface area contributed by atoms with Crippen molar-refractivity contribution < 1.29 is 4.79 Å².